The van der Waals surface area contributed by atoms with E-state index in [4.69, 9.17) is 10.1 Å². The van der Waals surface area contributed by atoms with Gasteiger partial charge in [0.05, 0.1) is 19.7 Å². The highest BCUT2D eigenvalue weighted by Crippen LogP contribution is 2.35. The standard InChI is InChI=1S/C30H40F5N5O2/c1-8-19(4)26(39-27(42-7)23(9-2)30(33,34)35)38-16-24-20(5)14-29(31,32)17-40(24)28(41)25(36)22(15-37-6)21-12-10-11-18(3)13-21/h9-13,15,20,24,36-38H,8,14,16-17H2,1-7H3/b22-15-,23-9+,26-19-,36-25?,39-27+. The molecule has 2 unspecified atom stereocenters. The Labute approximate surface area is 244 Å². The van der Waals surface area contributed by atoms with Crippen LogP contribution in [0.25, 0.3) is 5.57 Å². The minimum Gasteiger partial charge on any atom is -0.481 e. The molecule has 1 saturated heterocycles. The molecule has 0 aliphatic carbocycles. The van der Waals surface area contributed by atoms with E-state index in [1.165, 1.54) is 13.1 Å². The monoisotopic (exact) mass is 597 g/mol. The lowest BCUT2D eigenvalue weighted by Crippen LogP contribution is -2.59. The maximum Gasteiger partial charge on any atom is 0.421 e. The van der Waals surface area contributed by atoms with Crippen LogP contribution in [0.4, 0.5) is 22.0 Å². The highest BCUT2D eigenvalue weighted by atomic mass is 19.4. The van der Waals surface area contributed by atoms with Crippen molar-refractivity contribution in [3.05, 3.63) is 64.6 Å². The van der Waals surface area contributed by atoms with E-state index in [9.17, 15) is 26.7 Å². The fraction of sp³-hybridized carbons (Fsp3) is 0.500. The lowest BCUT2D eigenvalue weighted by molar-refractivity contribution is -0.145. The molecule has 2 atom stereocenters. The van der Waals surface area contributed by atoms with Crippen LogP contribution in [0.1, 0.15) is 51.7 Å². The Hall–Kier alpha value is -3.70. The largest absolute Gasteiger partial charge is 0.481 e. The number of aryl methyl sites for hydroxylation is 1. The van der Waals surface area contributed by atoms with Crippen molar-refractivity contribution in [3.8, 4) is 0 Å². The SMILES string of the molecule is C\C=C(/C(=N\C(NCC1C(C)CC(F)(F)CN1C(=O)C(=N)/C(=C\NC)c1cccc(C)c1)=C(\C)CC)OC)C(F)(F)F. The predicted molar refractivity (Wildman–Crippen MR) is 155 cm³/mol. The molecule has 0 bridgehead atoms. The molecule has 1 aliphatic rings. The summed E-state index contributed by atoms with van der Waals surface area (Å²) in [6, 6.07) is 6.32. The first-order chi connectivity index (χ1) is 19.6. The predicted octanol–water partition coefficient (Wildman–Crippen LogP) is 6.23. The fourth-order valence-corrected chi connectivity index (χ4v) is 4.77. The van der Waals surface area contributed by atoms with Crippen molar-refractivity contribution in [2.45, 2.75) is 65.6 Å². The average molecular weight is 598 g/mol. The zero-order valence-electron chi connectivity index (χ0n) is 25.0. The molecule has 12 heteroatoms. The maximum atomic E-state index is 14.8. The summed E-state index contributed by atoms with van der Waals surface area (Å²) in [5.41, 5.74) is 0.770. The van der Waals surface area contributed by atoms with Gasteiger partial charge in [-0.1, -0.05) is 49.8 Å². The van der Waals surface area contributed by atoms with Crippen LogP contribution >= 0.6 is 0 Å². The van der Waals surface area contributed by atoms with Crippen molar-refractivity contribution in [1.29, 1.82) is 5.41 Å². The molecular formula is C30H40F5N5O2. The number of aliphatic imine (C=N–C) groups is 1. The summed E-state index contributed by atoms with van der Waals surface area (Å²) in [7, 11) is 2.68. The molecule has 7 nitrogen and oxygen atoms in total. The zero-order valence-corrected chi connectivity index (χ0v) is 25.0. The Kier molecular flexibility index (Phi) is 11.9. The van der Waals surface area contributed by atoms with Gasteiger partial charge in [-0.05, 0) is 44.2 Å². The molecule has 1 amide bonds. The first-order valence-electron chi connectivity index (χ1n) is 13.6. The van der Waals surface area contributed by atoms with E-state index in [-0.39, 0.29) is 17.9 Å². The van der Waals surface area contributed by atoms with Crippen molar-refractivity contribution < 1.29 is 31.5 Å². The molecule has 0 spiro atoms. The Bertz CT molecular complexity index is 1270. The van der Waals surface area contributed by atoms with Gasteiger partial charge in [0.25, 0.3) is 11.8 Å². The van der Waals surface area contributed by atoms with Gasteiger partial charge in [0.1, 0.15) is 17.1 Å². The third-order valence-corrected chi connectivity index (χ3v) is 7.09. The van der Waals surface area contributed by atoms with Gasteiger partial charge in [-0.3, -0.25) is 10.2 Å². The quantitative estimate of drug-likeness (QED) is 0.169. The van der Waals surface area contributed by atoms with E-state index in [2.05, 4.69) is 15.6 Å². The lowest BCUT2D eigenvalue weighted by atomic mass is 9.87. The number of benzene rings is 1. The van der Waals surface area contributed by atoms with Crippen LogP contribution < -0.4 is 10.6 Å². The van der Waals surface area contributed by atoms with E-state index in [0.29, 0.717) is 17.6 Å². The summed E-state index contributed by atoms with van der Waals surface area (Å²) in [6.45, 7) is 7.13. The number of nitrogens with zero attached hydrogens (tertiary/aromatic N) is 2. The number of rotatable bonds is 10. The van der Waals surface area contributed by atoms with Crippen LogP contribution in [0.5, 0.6) is 0 Å². The number of nitrogens with one attached hydrogen (secondary N) is 3. The van der Waals surface area contributed by atoms with E-state index in [0.717, 1.165) is 23.6 Å². The molecule has 1 heterocycles. The molecule has 232 valence electrons. The van der Waals surface area contributed by atoms with Crippen LogP contribution in [-0.2, 0) is 9.53 Å². The topological polar surface area (TPSA) is 89.8 Å². The Balaban J connectivity index is 2.47. The number of likely N-dealkylation sites (tertiary alicyclic amines) is 1. The molecule has 1 fully saturated rings. The van der Waals surface area contributed by atoms with Gasteiger partial charge in [0.2, 0.25) is 5.90 Å². The van der Waals surface area contributed by atoms with Gasteiger partial charge in [-0.15, -0.1) is 0 Å². The Morgan fingerprint density at radius 2 is 1.98 bits per heavy atom. The van der Waals surface area contributed by atoms with Gasteiger partial charge >= 0.3 is 6.18 Å². The number of carbonyl (C=O) groups is 1. The van der Waals surface area contributed by atoms with E-state index >= 15 is 0 Å². The van der Waals surface area contributed by atoms with Gasteiger partial charge in [-0.2, -0.15) is 18.2 Å². The number of piperidine rings is 1. The molecule has 3 N–H and O–H groups in total. The second kappa shape index (κ2) is 14.5. The van der Waals surface area contributed by atoms with Crippen LogP contribution in [0, 0.1) is 18.3 Å². The van der Waals surface area contributed by atoms with Crippen LogP contribution in [0.15, 0.2) is 58.5 Å². The minimum atomic E-state index is -4.71. The number of carbonyl (C=O) groups excluding carboxylic acids is 1. The molecule has 1 aromatic rings. The van der Waals surface area contributed by atoms with E-state index in [1.807, 2.05) is 13.0 Å². The summed E-state index contributed by atoms with van der Waals surface area (Å²) in [4.78, 5) is 18.8. The summed E-state index contributed by atoms with van der Waals surface area (Å²) >= 11 is 0. The smallest absolute Gasteiger partial charge is 0.421 e. The van der Waals surface area contributed by atoms with Crippen LogP contribution in [-0.4, -0.2) is 67.8 Å². The molecule has 2 rings (SSSR count). The van der Waals surface area contributed by atoms with Crippen LogP contribution in [0.2, 0.25) is 0 Å². The number of alkyl halides is 5. The number of hydrogen-bond donors (Lipinski definition) is 3. The zero-order chi connectivity index (χ0) is 31.8. The summed E-state index contributed by atoms with van der Waals surface area (Å²) in [5.74, 6) is -5.35. The number of methoxy groups -OCH3 is 1. The maximum absolute atomic E-state index is 14.8. The Morgan fingerprint density at radius 3 is 2.50 bits per heavy atom. The average Bonchev–Trinajstić information content (AvgIpc) is 2.91. The lowest BCUT2D eigenvalue weighted by Gasteiger charge is -2.43. The van der Waals surface area contributed by atoms with Crippen molar-refractivity contribution in [3.63, 3.8) is 0 Å². The fourth-order valence-electron chi connectivity index (χ4n) is 4.77. The number of allylic oxidation sites excluding steroid dienone is 2. The highest BCUT2D eigenvalue weighted by Gasteiger charge is 2.47. The molecule has 42 heavy (non-hydrogen) atoms. The van der Waals surface area contributed by atoms with Crippen LogP contribution in [0.3, 0.4) is 0 Å². The second-order valence-corrected chi connectivity index (χ2v) is 10.3. The summed E-state index contributed by atoms with van der Waals surface area (Å²) < 4.78 is 75.2. The highest BCUT2D eigenvalue weighted by molar-refractivity contribution is 6.54. The minimum absolute atomic E-state index is 0.0838. The number of halogens is 5. The summed E-state index contributed by atoms with van der Waals surface area (Å²) in [6.07, 6.45) is -2.45. The van der Waals surface area contributed by atoms with Crippen molar-refractivity contribution in [1.82, 2.24) is 15.5 Å². The number of amides is 1. The normalized spacial score (nSPS) is 20.6. The molecule has 0 saturated carbocycles. The number of ether oxygens (including phenoxy) is 1. The first kappa shape index (κ1) is 34.5. The van der Waals surface area contributed by atoms with Crippen molar-refractivity contribution >= 4 is 23.1 Å². The molecule has 0 radical (unpaired) electrons. The molecule has 0 aromatic heterocycles. The van der Waals surface area contributed by atoms with Crippen molar-refractivity contribution in [2.75, 3.05) is 27.2 Å². The first-order valence-corrected chi connectivity index (χ1v) is 13.6. The molecule has 1 aliphatic heterocycles. The van der Waals surface area contributed by atoms with Gasteiger partial charge in [-0.25, -0.2) is 8.78 Å². The van der Waals surface area contributed by atoms with Gasteiger partial charge in [0.15, 0.2) is 0 Å². The molecular weight excluding hydrogens is 557 g/mol. The third kappa shape index (κ3) is 8.65. The van der Waals surface area contributed by atoms with E-state index < -0.39 is 60.1 Å². The number of hydrogen-bond acceptors (Lipinski definition) is 6. The third-order valence-electron chi connectivity index (χ3n) is 7.09. The summed E-state index contributed by atoms with van der Waals surface area (Å²) in [5, 5.41) is 14.5. The van der Waals surface area contributed by atoms with Crippen molar-refractivity contribution in [2.24, 2.45) is 10.9 Å². The second-order valence-electron chi connectivity index (χ2n) is 10.3. The van der Waals surface area contributed by atoms with E-state index in [1.54, 1.807) is 46.0 Å². The Morgan fingerprint density at radius 1 is 1.31 bits per heavy atom. The van der Waals surface area contributed by atoms with Gasteiger partial charge < -0.3 is 20.3 Å². The molecule has 1 aromatic carbocycles. The van der Waals surface area contributed by atoms with Gasteiger partial charge in [0, 0.05) is 31.8 Å².